The van der Waals surface area contributed by atoms with Crippen molar-refractivity contribution in [3.8, 4) is 23.4 Å². The first kappa shape index (κ1) is 23.2. The van der Waals surface area contributed by atoms with Gasteiger partial charge in [-0.25, -0.2) is 8.42 Å². The summed E-state index contributed by atoms with van der Waals surface area (Å²) in [6.07, 6.45) is 2.49. The van der Waals surface area contributed by atoms with Crippen LogP contribution in [0.4, 0.5) is 0 Å². The van der Waals surface area contributed by atoms with Gasteiger partial charge in [0.25, 0.3) is 5.56 Å². The van der Waals surface area contributed by atoms with Gasteiger partial charge >= 0.3 is 0 Å². The average molecular weight is 538 g/mol. The second-order valence-electron chi connectivity index (χ2n) is 6.92. The Morgan fingerprint density at radius 2 is 1.74 bits per heavy atom. The van der Waals surface area contributed by atoms with Crippen LogP contribution in [0.1, 0.15) is 5.56 Å². The van der Waals surface area contributed by atoms with Crippen LogP contribution in [0.3, 0.4) is 0 Å². The van der Waals surface area contributed by atoms with E-state index in [0.717, 1.165) is 6.08 Å². The molecule has 2 aromatic carbocycles. The molecule has 0 saturated heterocycles. The number of fused-ring (bicyclic) bond motifs is 1. The Morgan fingerprint density at radius 3 is 2.38 bits per heavy atom. The lowest BCUT2D eigenvalue weighted by molar-refractivity contribution is 0.412. The van der Waals surface area contributed by atoms with E-state index in [1.165, 1.54) is 29.8 Å². The van der Waals surface area contributed by atoms with Gasteiger partial charge < -0.3 is 9.47 Å². The molecule has 0 bridgehead atoms. The van der Waals surface area contributed by atoms with Gasteiger partial charge in [0.05, 0.1) is 12.0 Å². The fraction of sp³-hybridized carbons (Fsp3) is 0.0417. The highest BCUT2D eigenvalue weighted by molar-refractivity contribution is 9.10. The molecule has 0 N–H and O–H groups in total. The molecular weight excluding hydrogens is 522 g/mol. The molecule has 4 aromatic rings. The summed E-state index contributed by atoms with van der Waals surface area (Å²) in [5.74, 6) is 0.809. The third-order valence-corrected chi connectivity index (χ3v) is 7.02. The van der Waals surface area contributed by atoms with Crippen molar-refractivity contribution in [1.29, 1.82) is 5.26 Å². The van der Waals surface area contributed by atoms with Crippen molar-refractivity contribution < 1.29 is 17.9 Å². The lowest BCUT2D eigenvalue weighted by Gasteiger charge is -2.11. The maximum Gasteiger partial charge on any atom is 0.269 e. The highest BCUT2D eigenvalue weighted by atomic mass is 79.9. The lowest BCUT2D eigenvalue weighted by atomic mass is 10.2. The summed E-state index contributed by atoms with van der Waals surface area (Å²) in [7, 11) is -2.68. The zero-order valence-electron chi connectivity index (χ0n) is 17.7. The van der Waals surface area contributed by atoms with Crippen molar-refractivity contribution >= 4 is 37.5 Å². The van der Waals surface area contributed by atoms with Crippen molar-refractivity contribution in [2.75, 3.05) is 7.11 Å². The zero-order valence-corrected chi connectivity index (χ0v) is 20.1. The lowest BCUT2D eigenvalue weighted by Crippen LogP contribution is -2.19. The second kappa shape index (κ2) is 9.51. The van der Waals surface area contributed by atoms with E-state index >= 15 is 0 Å². The van der Waals surface area contributed by atoms with Crippen molar-refractivity contribution in [3.05, 3.63) is 98.2 Å². The standard InChI is InChI=1S/C24H16BrN3O5S/c1-32-17-7-9-18(10-8-17)33-23-21(24(29)28-13-3-2-4-22(28)27-23)14-20(15-26)34(30,31)19-11-5-16(25)6-12-19/h2-14H,1H3/b20-14+. The van der Waals surface area contributed by atoms with E-state index in [2.05, 4.69) is 20.9 Å². The molecule has 0 fully saturated rings. The van der Waals surface area contributed by atoms with Crippen LogP contribution < -0.4 is 15.0 Å². The van der Waals surface area contributed by atoms with E-state index in [4.69, 9.17) is 9.47 Å². The first-order valence-corrected chi connectivity index (χ1v) is 12.1. The maximum absolute atomic E-state index is 13.3. The van der Waals surface area contributed by atoms with Crippen LogP contribution in [0.5, 0.6) is 17.4 Å². The molecule has 0 aliphatic rings. The number of allylic oxidation sites excluding steroid dienone is 1. The number of halogens is 1. The van der Waals surface area contributed by atoms with Crippen LogP contribution in [-0.2, 0) is 9.84 Å². The Kier molecular flexibility index (Phi) is 6.49. The molecule has 0 atom stereocenters. The Balaban J connectivity index is 1.90. The summed E-state index contributed by atoms with van der Waals surface area (Å²) >= 11 is 3.25. The van der Waals surface area contributed by atoms with Gasteiger partial charge in [-0.2, -0.15) is 10.2 Å². The van der Waals surface area contributed by atoms with Gasteiger partial charge in [-0.05, 0) is 66.7 Å². The van der Waals surface area contributed by atoms with E-state index in [0.29, 0.717) is 21.6 Å². The number of rotatable bonds is 6. The van der Waals surface area contributed by atoms with Gasteiger partial charge in [-0.15, -0.1) is 0 Å². The zero-order chi connectivity index (χ0) is 24.3. The van der Waals surface area contributed by atoms with Crippen LogP contribution in [0.25, 0.3) is 11.7 Å². The summed E-state index contributed by atoms with van der Waals surface area (Å²) < 4.78 is 39.1. The summed E-state index contributed by atoms with van der Waals surface area (Å²) in [6, 6.07) is 19.0. The van der Waals surface area contributed by atoms with Crippen LogP contribution >= 0.6 is 15.9 Å². The van der Waals surface area contributed by atoms with E-state index < -0.39 is 20.3 Å². The molecule has 10 heteroatoms. The quantitative estimate of drug-likeness (QED) is 0.330. The minimum atomic E-state index is -4.20. The Bertz CT molecular complexity index is 1600. The minimum absolute atomic E-state index is 0.0880. The van der Waals surface area contributed by atoms with Gasteiger partial charge in [0.15, 0.2) is 0 Å². The van der Waals surface area contributed by atoms with E-state index in [1.807, 2.05) is 0 Å². The molecule has 0 aliphatic carbocycles. The van der Waals surface area contributed by atoms with E-state index in [9.17, 15) is 18.5 Å². The highest BCUT2D eigenvalue weighted by Crippen LogP contribution is 2.28. The van der Waals surface area contributed by atoms with Crippen molar-refractivity contribution in [3.63, 3.8) is 0 Å². The maximum atomic E-state index is 13.3. The number of nitrogens with zero attached hydrogens (tertiary/aromatic N) is 3. The van der Waals surface area contributed by atoms with Crippen LogP contribution in [0, 0.1) is 11.3 Å². The smallest absolute Gasteiger partial charge is 0.269 e. The molecule has 170 valence electrons. The molecule has 0 amide bonds. The van der Waals surface area contributed by atoms with Crippen molar-refractivity contribution in [2.45, 2.75) is 4.90 Å². The number of ether oxygens (including phenoxy) is 2. The largest absolute Gasteiger partial charge is 0.497 e. The van der Waals surface area contributed by atoms with E-state index in [1.54, 1.807) is 60.7 Å². The molecule has 2 aromatic heterocycles. The first-order chi connectivity index (χ1) is 16.3. The molecule has 0 saturated carbocycles. The fourth-order valence-corrected chi connectivity index (χ4v) is 4.49. The topological polar surface area (TPSA) is 111 Å². The summed E-state index contributed by atoms with van der Waals surface area (Å²) in [5, 5.41) is 9.69. The highest BCUT2D eigenvalue weighted by Gasteiger charge is 2.23. The second-order valence-corrected chi connectivity index (χ2v) is 9.75. The van der Waals surface area contributed by atoms with Gasteiger partial charge in [0.1, 0.15) is 33.7 Å². The molecule has 8 nitrogen and oxygen atoms in total. The molecule has 0 aliphatic heterocycles. The third kappa shape index (κ3) is 4.57. The Morgan fingerprint density at radius 1 is 1.06 bits per heavy atom. The normalized spacial score (nSPS) is 11.7. The third-order valence-electron chi connectivity index (χ3n) is 4.81. The number of aromatic nitrogens is 2. The van der Waals surface area contributed by atoms with Gasteiger partial charge in [0, 0.05) is 10.7 Å². The predicted octanol–water partition coefficient (Wildman–Crippen LogP) is 4.60. The number of hydrogen-bond acceptors (Lipinski definition) is 7. The first-order valence-electron chi connectivity index (χ1n) is 9.79. The van der Waals surface area contributed by atoms with E-state index in [-0.39, 0.29) is 16.3 Å². The van der Waals surface area contributed by atoms with Crippen molar-refractivity contribution in [1.82, 2.24) is 9.38 Å². The SMILES string of the molecule is COc1ccc(Oc2nc3ccccn3c(=O)c2/C=C(\C#N)S(=O)(=O)c2ccc(Br)cc2)cc1. The Labute approximate surface area is 203 Å². The number of pyridine rings is 1. The molecule has 2 heterocycles. The van der Waals surface area contributed by atoms with Crippen LogP contribution in [0.2, 0.25) is 0 Å². The number of sulfone groups is 1. The fourth-order valence-electron chi connectivity index (χ4n) is 3.08. The molecule has 34 heavy (non-hydrogen) atoms. The number of nitriles is 1. The summed E-state index contributed by atoms with van der Waals surface area (Å²) in [6.45, 7) is 0. The molecular formula is C24H16BrN3O5S. The van der Waals surface area contributed by atoms with Crippen LogP contribution in [0.15, 0.2) is 92.0 Å². The average Bonchev–Trinajstić information content (AvgIpc) is 2.84. The van der Waals surface area contributed by atoms with Crippen molar-refractivity contribution in [2.24, 2.45) is 0 Å². The van der Waals surface area contributed by atoms with Gasteiger partial charge in [-0.1, -0.05) is 22.0 Å². The number of methoxy groups -OCH3 is 1. The summed E-state index contributed by atoms with van der Waals surface area (Å²) in [4.78, 5) is 16.9. The molecule has 0 radical (unpaired) electrons. The monoisotopic (exact) mass is 537 g/mol. The number of benzene rings is 2. The summed E-state index contributed by atoms with van der Waals surface area (Å²) in [5.41, 5.74) is -0.480. The predicted molar refractivity (Wildman–Crippen MR) is 129 cm³/mol. The molecule has 4 rings (SSSR count). The Hall–Kier alpha value is -3.94. The minimum Gasteiger partial charge on any atom is -0.497 e. The number of hydrogen-bond donors (Lipinski definition) is 0. The van der Waals surface area contributed by atoms with Gasteiger partial charge in [-0.3, -0.25) is 9.20 Å². The molecule has 0 unspecified atom stereocenters. The van der Waals surface area contributed by atoms with Crippen LogP contribution in [-0.4, -0.2) is 24.9 Å². The van der Waals surface area contributed by atoms with Gasteiger partial charge in [0.2, 0.25) is 15.7 Å². The molecule has 0 spiro atoms.